The van der Waals surface area contributed by atoms with Crippen LogP contribution in [0.25, 0.3) is 0 Å². The van der Waals surface area contributed by atoms with Gasteiger partial charge in [0, 0.05) is 5.02 Å². The van der Waals surface area contributed by atoms with Crippen LogP contribution in [-0.2, 0) is 10.0 Å². The first-order chi connectivity index (χ1) is 11.0. The Balaban J connectivity index is 2.42. The van der Waals surface area contributed by atoms with Gasteiger partial charge in [0.05, 0.1) is 18.9 Å². The summed E-state index contributed by atoms with van der Waals surface area (Å²) in [6.45, 7) is 4.39. The molecular formula is C16H18ClNO4S. The van der Waals surface area contributed by atoms with Crippen LogP contribution in [0.5, 0.6) is 11.5 Å². The Morgan fingerprint density at radius 1 is 1.00 bits per heavy atom. The lowest BCUT2D eigenvalue weighted by Crippen LogP contribution is -2.15. The van der Waals surface area contributed by atoms with Gasteiger partial charge in [0.2, 0.25) is 0 Å². The fourth-order valence-corrected chi connectivity index (χ4v) is 3.48. The maximum absolute atomic E-state index is 12.7. The van der Waals surface area contributed by atoms with E-state index >= 15 is 0 Å². The third-order valence-electron chi connectivity index (χ3n) is 2.93. The Hall–Kier alpha value is -1.92. The molecule has 0 aliphatic carbocycles. The first-order valence-electron chi connectivity index (χ1n) is 7.15. The fourth-order valence-electron chi connectivity index (χ4n) is 2.00. The quantitative estimate of drug-likeness (QED) is 0.817. The van der Waals surface area contributed by atoms with Crippen LogP contribution in [0.15, 0.2) is 47.4 Å². The van der Waals surface area contributed by atoms with E-state index in [-0.39, 0.29) is 10.6 Å². The lowest BCUT2D eigenvalue weighted by molar-refractivity contribution is 0.331. The standard InChI is InChI=1S/C16H18ClNO4S/c1-3-21-14-8-6-5-7-13(14)18-23(19,20)16-11-12(17)9-10-15(16)22-4-2/h5-11,18H,3-4H2,1-2H3. The number of hydrogen-bond donors (Lipinski definition) is 1. The molecule has 23 heavy (non-hydrogen) atoms. The van der Waals surface area contributed by atoms with E-state index in [1.165, 1.54) is 12.1 Å². The average molecular weight is 356 g/mol. The van der Waals surface area contributed by atoms with E-state index in [9.17, 15) is 8.42 Å². The van der Waals surface area contributed by atoms with Crippen molar-refractivity contribution in [3.8, 4) is 11.5 Å². The van der Waals surface area contributed by atoms with E-state index in [0.29, 0.717) is 29.7 Å². The zero-order chi connectivity index (χ0) is 16.9. The van der Waals surface area contributed by atoms with Crippen LogP contribution in [0.2, 0.25) is 5.02 Å². The Morgan fingerprint density at radius 2 is 1.65 bits per heavy atom. The summed E-state index contributed by atoms with van der Waals surface area (Å²) < 4.78 is 38.7. The first-order valence-corrected chi connectivity index (χ1v) is 9.01. The van der Waals surface area contributed by atoms with Gasteiger partial charge in [-0.25, -0.2) is 8.42 Å². The Morgan fingerprint density at radius 3 is 2.35 bits per heavy atom. The molecule has 0 aromatic heterocycles. The number of rotatable bonds is 7. The molecule has 0 aliphatic heterocycles. The fraction of sp³-hybridized carbons (Fsp3) is 0.250. The Labute approximate surface area is 141 Å². The van der Waals surface area contributed by atoms with E-state index in [1.54, 1.807) is 37.3 Å². The van der Waals surface area contributed by atoms with Crippen LogP contribution in [0.1, 0.15) is 13.8 Å². The zero-order valence-electron chi connectivity index (χ0n) is 12.9. The van der Waals surface area contributed by atoms with Gasteiger partial charge in [-0.3, -0.25) is 4.72 Å². The van der Waals surface area contributed by atoms with Crippen LogP contribution in [0, 0.1) is 0 Å². The maximum atomic E-state index is 12.7. The van der Waals surface area contributed by atoms with Crippen molar-refractivity contribution in [3.63, 3.8) is 0 Å². The summed E-state index contributed by atoms with van der Waals surface area (Å²) in [5.74, 6) is 0.705. The van der Waals surface area contributed by atoms with Gasteiger partial charge in [-0.15, -0.1) is 0 Å². The molecule has 0 atom stereocenters. The van der Waals surface area contributed by atoms with Crippen molar-refractivity contribution < 1.29 is 17.9 Å². The van der Waals surface area contributed by atoms with Crippen LogP contribution < -0.4 is 14.2 Å². The zero-order valence-corrected chi connectivity index (χ0v) is 14.4. The molecule has 2 aromatic carbocycles. The van der Waals surface area contributed by atoms with Crippen LogP contribution in [0.3, 0.4) is 0 Å². The number of anilines is 1. The van der Waals surface area contributed by atoms with E-state index in [1.807, 2.05) is 6.92 Å². The number of hydrogen-bond acceptors (Lipinski definition) is 4. The van der Waals surface area contributed by atoms with Crippen molar-refractivity contribution >= 4 is 27.3 Å². The van der Waals surface area contributed by atoms with Gasteiger partial charge in [0.1, 0.15) is 16.4 Å². The molecule has 7 heteroatoms. The molecule has 0 saturated carbocycles. The van der Waals surface area contributed by atoms with Crippen molar-refractivity contribution in [2.45, 2.75) is 18.7 Å². The topological polar surface area (TPSA) is 64.6 Å². The highest BCUT2D eigenvalue weighted by Gasteiger charge is 2.21. The van der Waals surface area contributed by atoms with Crippen molar-refractivity contribution in [3.05, 3.63) is 47.5 Å². The minimum absolute atomic E-state index is 0.0156. The number of halogens is 1. The minimum atomic E-state index is -3.87. The maximum Gasteiger partial charge on any atom is 0.265 e. The average Bonchev–Trinajstić information content (AvgIpc) is 2.51. The minimum Gasteiger partial charge on any atom is -0.492 e. The summed E-state index contributed by atoms with van der Waals surface area (Å²) in [6, 6.07) is 11.3. The Kier molecular flexibility index (Phi) is 5.74. The van der Waals surface area contributed by atoms with Crippen molar-refractivity contribution in [1.82, 2.24) is 0 Å². The summed E-state index contributed by atoms with van der Waals surface area (Å²) in [4.78, 5) is -0.0156. The highest BCUT2D eigenvalue weighted by atomic mass is 35.5. The number of ether oxygens (including phenoxy) is 2. The number of nitrogens with one attached hydrogen (secondary N) is 1. The third-order valence-corrected chi connectivity index (χ3v) is 4.55. The van der Waals surface area contributed by atoms with Gasteiger partial charge >= 0.3 is 0 Å². The van der Waals surface area contributed by atoms with Gasteiger partial charge in [-0.2, -0.15) is 0 Å². The predicted octanol–water partition coefficient (Wildman–Crippen LogP) is 3.94. The van der Waals surface area contributed by atoms with E-state index < -0.39 is 10.0 Å². The second kappa shape index (κ2) is 7.57. The lowest BCUT2D eigenvalue weighted by Gasteiger charge is -2.15. The SMILES string of the molecule is CCOc1ccccc1NS(=O)(=O)c1cc(Cl)ccc1OCC. The van der Waals surface area contributed by atoms with Gasteiger partial charge < -0.3 is 9.47 Å². The Bertz CT molecular complexity index is 777. The van der Waals surface area contributed by atoms with Gasteiger partial charge in [0.25, 0.3) is 10.0 Å². The van der Waals surface area contributed by atoms with Gasteiger partial charge in [0.15, 0.2) is 0 Å². The highest BCUT2D eigenvalue weighted by molar-refractivity contribution is 7.92. The van der Waals surface area contributed by atoms with E-state index in [2.05, 4.69) is 4.72 Å². The largest absolute Gasteiger partial charge is 0.492 e. The third kappa shape index (κ3) is 4.30. The number of para-hydroxylation sites is 2. The second-order valence-corrected chi connectivity index (χ2v) is 6.65. The van der Waals surface area contributed by atoms with Crippen molar-refractivity contribution in [2.75, 3.05) is 17.9 Å². The van der Waals surface area contributed by atoms with Crippen molar-refractivity contribution in [2.24, 2.45) is 0 Å². The summed E-state index contributed by atoms with van der Waals surface area (Å²) in [7, 11) is -3.87. The molecule has 0 heterocycles. The first kappa shape index (κ1) is 17.4. The second-order valence-electron chi connectivity index (χ2n) is 4.56. The normalized spacial score (nSPS) is 11.1. The molecule has 1 N–H and O–H groups in total. The van der Waals surface area contributed by atoms with Gasteiger partial charge in [-0.1, -0.05) is 23.7 Å². The molecule has 0 amide bonds. The molecule has 0 fully saturated rings. The molecule has 2 rings (SSSR count). The molecule has 0 unspecified atom stereocenters. The van der Waals surface area contributed by atoms with Crippen LogP contribution in [-0.4, -0.2) is 21.6 Å². The molecule has 0 aliphatic rings. The predicted molar refractivity (Wildman–Crippen MR) is 91.0 cm³/mol. The number of sulfonamides is 1. The van der Waals surface area contributed by atoms with E-state index in [4.69, 9.17) is 21.1 Å². The van der Waals surface area contributed by atoms with Crippen LogP contribution in [0.4, 0.5) is 5.69 Å². The number of benzene rings is 2. The monoisotopic (exact) mass is 355 g/mol. The smallest absolute Gasteiger partial charge is 0.265 e. The van der Waals surface area contributed by atoms with Crippen molar-refractivity contribution in [1.29, 1.82) is 0 Å². The van der Waals surface area contributed by atoms with Crippen LogP contribution >= 0.6 is 11.6 Å². The molecule has 5 nitrogen and oxygen atoms in total. The molecule has 0 bridgehead atoms. The summed E-state index contributed by atoms with van der Waals surface area (Å²) in [5.41, 5.74) is 0.358. The summed E-state index contributed by atoms with van der Waals surface area (Å²) >= 11 is 5.93. The highest BCUT2D eigenvalue weighted by Crippen LogP contribution is 2.31. The summed E-state index contributed by atoms with van der Waals surface area (Å²) in [5, 5.41) is 0.312. The van der Waals surface area contributed by atoms with E-state index in [0.717, 1.165) is 0 Å². The lowest BCUT2D eigenvalue weighted by atomic mass is 10.3. The molecule has 124 valence electrons. The molecule has 0 spiro atoms. The molecule has 2 aromatic rings. The molecule has 0 radical (unpaired) electrons. The molecular weight excluding hydrogens is 338 g/mol. The molecule has 0 saturated heterocycles. The van der Waals surface area contributed by atoms with Gasteiger partial charge in [-0.05, 0) is 44.2 Å². The summed E-state index contributed by atoms with van der Waals surface area (Å²) in [6.07, 6.45) is 0.